The summed E-state index contributed by atoms with van der Waals surface area (Å²) < 4.78 is 63.1. The smallest absolute Gasteiger partial charge is 0.301 e. The fourth-order valence-corrected chi connectivity index (χ4v) is 3.45. The summed E-state index contributed by atoms with van der Waals surface area (Å²) in [5.41, 5.74) is 0.822. The number of hydrogen-bond donors (Lipinski definition) is 1. The lowest BCUT2D eigenvalue weighted by molar-refractivity contribution is -0.167. The Balaban J connectivity index is 1.99. The number of hydrogen-bond acceptors (Lipinski definition) is 5. The third kappa shape index (κ3) is 3.25. The van der Waals surface area contributed by atoms with Crippen LogP contribution in [0.2, 0.25) is 0 Å². The van der Waals surface area contributed by atoms with Crippen LogP contribution in [0.25, 0.3) is 11.2 Å². The van der Waals surface area contributed by atoms with Crippen LogP contribution < -0.4 is 5.32 Å². The zero-order valence-electron chi connectivity index (χ0n) is 13.1. The Morgan fingerprint density at radius 2 is 1.81 bits per heavy atom. The highest BCUT2D eigenvalue weighted by molar-refractivity contribution is 7.90. The van der Waals surface area contributed by atoms with E-state index in [0.717, 1.165) is 15.7 Å². The van der Waals surface area contributed by atoms with Crippen molar-refractivity contribution in [3.05, 3.63) is 48.3 Å². The molecular weight excluding hydrogens is 373 g/mol. The molecule has 7 nitrogen and oxygen atoms in total. The van der Waals surface area contributed by atoms with Gasteiger partial charge in [-0.05, 0) is 25.1 Å². The highest BCUT2D eigenvalue weighted by Gasteiger charge is 2.39. The van der Waals surface area contributed by atoms with Gasteiger partial charge in [-0.25, -0.2) is 22.4 Å². The predicted octanol–water partition coefficient (Wildman–Crippen LogP) is 2.48. The van der Waals surface area contributed by atoms with Gasteiger partial charge in [-0.15, -0.1) is 0 Å². The third-order valence-electron chi connectivity index (χ3n) is 3.43. The van der Waals surface area contributed by atoms with Gasteiger partial charge in [0.05, 0.1) is 11.1 Å². The highest BCUT2D eigenvalue weighted by atomic mass is 32.2. The molecule has 0 radical (unpaired) electrons. The number of anilines is 1. The van der Waals surface area contributed by atoms with Crippen molar-refractivity contribution < 1.29 is 26.4 Å². The molecule has 0 spiro atoms. The van der Waals surface area contributed by atoms with Crippen LogP contribution in [0.15, 0.2) is 47.6 Å². The quantitative estimate of drug-likeness (QED) is 0.749. The predicted molar refractivity (Wildman–Crippen MR) is 86.0 cm³/mol. The van der Waals surface area contributed by atoms with Gasteiger partial charge >= 0.3 is 12.1 Å². The SMILES string of the molecule is Cc1ccc(S(=O)(=O)n2ccc3nc(NC(=O)C(F)(F)F)cnc32)cc1. The summed E-state index contributed by atoms with van der Waals surface area (Å²) in [5.74, 6) is -2.64. The first-order valence-electron chi connectivity index (χ1n) is 7.13. The summed E-state index contributed by atoms with van der Waals surface area (Å²) >= 11 is 0. The molecule has 0 aliphatic carbocycles. The van der Waals surface area contributed by atoms with Crippen molar-refractivity contribution in [2.45, 2.75) is 18.0 Å². The lowest BCUT2D eigenvalue weighted by Crippen LogP contribution is -2.30. The number of nitrogens with one attached hydrogen (secondary N) is 1. The lowest BCUT2D eigenvalue weighted by atomic mass is 10.2. The Bertz CT molecular complexity index is 1090. The normalized spacial score (nSPS) is 12.3. The molecule has 0 atom stereocenters. The molecule has 0 unspecified atom stereocenters. The number of amides is 1. The summed E-state index contributed by atoms with van der Waals surface area (Å²) in [7, 11) is -3.95. The van der Waals surface area contributed by atoms with Crippen LogP contribution in [-0.2, 0) is 14.8 Å². The fourth-order valence-electron chi connectivity index (χ4n) is 2.15. The molecule has 0 aliphatic rings. The molecule has 0 bridgehead atoms. The standard InChI is InChI=1S/C15H11F3N4O3S/c1-9-2-4-10(5-3-9)26(24,25)22-7-6-11-13(22)19-8-12(20-11)21-14(23)15(16,17)18/h2-8H,1H3,(H,20,21,23). The van der Waals surface area contributed by atoms with Gasteiger partial charge in [0.25, 0.3) is 10.0 Å². The van der Waals surface area contributed by atoms with E-state index in [0.29, 0.717) is 0 Å². The monoisotopic (exact) mass is 384 g/mol. The van der Waals surface area contributed by atoms with Gasteiger partial charge in [0.15, 0.2) is 11.5 Å². The average molecular weight is 384 g/mol. The van der Waals surface area contributed by atoms with E-state index in [4.69, 9.17) is 0 Å². The number of alkyl halides is 3. The van der Waals surface area contributed by atoms with Gasteiger partial charge in [0, 0.05) is 6.20 Å². The van der Waals surface area contributed by atoms with Crippen molar-refractivity contribution >= 4 is 32.9 Å². The zero-order chi connectivity index (χ0) is 19.1. The molecule has 1 N–H and O–H groups in total. The summed E-state index contributed by atoms with van der Waals surface area (Å²) in [6.45, 7) is 1.81. The number of benzene rings is 1. The summed E-state index contributed by atoms with van der Waals surface area (Å²) in [4.78, 5) is 18.6. The van der Waals surface area contributed by atoms with Gasteiger partial charge in [-0.3, -0.25) is 4.79 Å². The molecule has 1 aromatic carbocycles. The summed E-state index contributed by atoms with van der Waals surface area (Å²) in [5, 5.41) is 1.56. The van der Waals surface area contributed by atoms with E-state index in [2.05, 4.69) is 9.97 Å². The van der Waals surface area contributed by atoms with E-state index >= 15 is 0 Å². The Kier molecular flexibility index (Phi) is 4.18. The van der Waals surface area contributed by atoms with Crippen molar-refractivity contribution in [3.8, 4) is 0 Å². The van der Waals surface area contributed by atoms with E-state index in [1.165, 1.54) is 24.4 Å². The Morgan fingerprint density at radius 3 is 2.42 bits per heavy atom. The molecule has 0 saturated carbocycles. The number of fused-ring (bicyclic) bond motifs is 1. The van der Waals surface area contributed by atoms with Gasteiger partial charge in [0.1, 0.15) is 5.52 Å². The van der Waals surface area contributed by atoms with Crippen molar-refractivity contribution in [2.24, 2.45) is 0 Å². The first kappa shape index (κ1) is 17.9. The lowest BCUT2D eigenvalue weighted by Gasteiger charge is -2.08. The Labute approximate surface area is 145 Å². The number of carbonyl (C=O) groups is 1. The number of rotatable bonds is 3. The maximum absolute atomic E-state index is 12.7. The topological polar surface area (TPSA) is 94.0 Å². The minimum atomic E-state index is -5.07. The van der Waals surface area contributed by atoms with Gasteiger partial charge in [0.2, 0.25) is 0 Å². The number of nitrogens with zero attached hydrogens (tertiary/aromatic N) is 3. The van der Waals surface area contributed by atoms with E-state index in [9.17, 15) is 26.4 Å². The van der Waals surface area contributed by atoms with E-state index < -0.39 is 27.9 Å². The first-order valence-corrected chi connectivity index (χ1v) is 8.57. The van der Waals surface area contributed by atoms with Crippen LogP contribution in [0.3, 0.4) is 0 Å². The van der Waals surface area contributed by atoms with Crippen molar-refractivity contribution in [3.63, 3.8) is 0 Å². The molecule has 0 fully saturated rings. The maximum Gasteiger partial charge on any atom is 0.471 e. The van der Waals surface area contributed by atoms with Crippen LogP contribution in [0.4, 0.5) is 19.0 Å². The Hall–Kier alpha value is -2.95. The second-order valence-corrected chi connectivity index (χ2v) is 7.16. The second-order valence-electron chi connectivity index (χ2n) is 5.35. The molecule has 1 amide bonds. The molecule has 2 heterocycles. The summed E-state index contributed by atoms with van der Waals surface area (Å²) in [6.07, 6.45) is -3.03. The molecule has 2 aromatic heterocycles. The van der Waals surface area contributed by atoms with E-state index in [-0.39, 0.29) is 16.1 Å². The van der Waals surface area contributed by atoms with Crippen LogP contribution >= 0.6 is 0 Å². The largest absolute Gasteiger partial charge is 0.471 e. The van der Waals surface area contributed by atoms with Crippen LogP contribution in [0.1, 0.15) is 5.56 Å². The van der Waals surface area contributed by atoms with E-state index in [1.54, 1.807) is 17.4 Å². The van der Waals surface area contributed by atoms with Crippen LogP contribution in [0, 0.1) is 6.92 Å². The minimum Gasteiger partial charge on any atom is -0.301 e. The third-order valence-corrected chi connectivity index (χ3v) is 5.11. The number of carbonyl (C=O) groups excluding carboxylic acids is 1. The fraction of sp³-hybridized carbons (Fsp3) is 0.133. The second kappa shape index (κ2) is 6.09. The molecule has 136 valence electrons. The molecule has 3 rings (SSSR count). The molecule has 26 heavy (non-hydrogen) atoms. The van der Waals surface area contributed by atoms with Crippen molar-refractivity contribution in [1.29, 1.82) is 0 Å². The zero-order valence-corrected chi connectivity index (χ0v) is 14.0. The summed E-state index contributed by atoms with van der Waals surface area (Å²) in [6, 6.07) is 7.41. The van der Waals surface area contributed by atoms with Gasteiger partial charge in [-0.1, -0.05) is 17.7 Å². The van der Waals surface area contributed by atoms with Crippen molar-refractivity contribution in [1.82, 2.24) is 13.9 Å². The van der Waals surface area contributed by atoms with E-state index in [1.807, 2.05) is 6.92 Å². The van der Waals surface area contributed by atoms with Gasteiger partial charge < -0.3 is 5.32 Å². The molecule has 3 aromatic rings. The number of aryl methyl sites for hydroxylation is 1. The maximum atomic E-state index is 12.7. The highest BCUT2D eigenvalue weighted by Crippen LogP contribution is 2.22. The molecule has 0 aliphatic heterocycles. The molecule has 0 saturated heterocycles. The van der Waals surface area contributed by atoms with Gasteiger partial charge in [-0.2, -0.15) is 13.2 Å². The number of halogens is 3. The Morgan fingerprint density at radius 1 is 1.15 bits per heavy atom. The molecular formula is C15H11F3N4O3S. The first-order chi connectivity index (χ1) is 12.1. The van der Waals surface area contributed by atoms with Crippen LogP contribution in [0.5, 0.6) is 0 Å². The molecule has 11 heteroatoms. The minimum absolute atomic E-state index is 0.0145. The average Bonchev–Trinajstić information content (AvgIpc) is 2.98. The number of aromatic nitrogens is 3. The van der Waals surface area contributed by atoms with Crippen LogP contribution in [-0.4, -0.2) is 34.4 Å². The van der Waals surface area contributed by atoms with Crippen molar-refractivity contribution in [2.75, 3.05) is 5.32 Å².